The Labute approximate surface area is 112 Å². The number of hydrogen-bond donors (Lipinski definition) is 2. The van der Waals surface area contributed by atoms with Crippen molar-refractivity contribution in [2.45, 2.75) is 13.3 Å². The Kier molecular flexibility index (Phi) is 4.55. The van der Waals surface area contributed by atoms with Gasteiger partial charge in [0.25, 0.3) is 5.91 Å². The van der Waals surface area contributed by atoms with Crippen molar-refractivity contribution in [2.24, 2.45) is 0 Å². The zero-order valence-electron chi connectivity index (χ0n) is 10.8. The number of aromatic nitrogens is 2. The Morgan fingerprint density at radius 2 is 2.16 bits per heavy atom. The molecule has 0 spiro atoms. The van der Waals surface area contributed by atoms with Gasteiger partial charge in [-0.3, -0.25) is 4.79 Å². The summed E-state index contributed by atoms with van der Waals surface area (Å²) in [7, 11) is 0. The molecular formula is C14H17N3O2. The maximum Gasteiger partial charge on any atom is 0.251 e. The van der Waals surface area contributed by atoms with Crippen molar-refractivity contribution in [3.63, 3.8) is 0 Å². The van der Waals surface area contributed by atoms with E-state index < -0.39 is 0 Å². The number of nitrogens with zero attached hydrogens (tertiary/aromatic N) is 1. The van der Waals surface area contributed by atoms with Gasteiger partial charge in [-0.2, -0.15) is 0 Å². The molecule has 2 rings (SSSR count). The molecule has 0 radical (unpaired) electrons. The molecule has 0 fully saturated rings. The first-order chi connectivity index (χ1) is 9.29. The van der Waals surface area contributed by atoms with Gasteiger partial charge in [-0.1, -0.05) is 0 Å². The standard InChI is InChI=1S/C14H17N3O2/c1-2-19-12-5-3-11(4-6-12)14(18)17-8-7-13-15-9-10-16-13/h3-6,9-10H,2,7-8H2,1H3,(H,15,16)(H,17,18). The van der Waals surface area contributed by atoms with Crippen LogP contribution in [0.15, 0.2) is 36.7 Å². The third-order valence-corrected chi connectivity index (χ3v) is 2.63. The number of hydrogen-bond acceptors (Lipinski definition) is 3. The minimum Gasteiger partial charge on any atom is -0.494 e. The maximum atomic E-state index is 11.9. The zero-order chi connectivity index (χ0) is 13.5. The normalized spacial score (nSPS) is 10.2. The summed E-state index contributed by atoms with van der Waals surface area (Å²) in [4.78, 5) is 18.9. The number of carbonyl (C=O) groups excluding carboxylic acids is 1. The molecule has 0 atom stereocenters. The summed E-state index contributed by atoms with van der Waals surface area (Å²) < 4.78 is 5.33. The fourth-order valence-corrected chi connectivity index (χ4v) is 1.70. The highest BCUT2D eigenvalue weighted by molar-refractivity contribution is 5.94. The van der Waals surface area contributed by atoms with E-state index >= 15 is 0 Å². The molecule has 0 aliphatic carbocycles. The lowest BCUT2D eigenvalue weighted by molar-refractivity contribution is 0.0954. The van der Waals surface area contributed by atoms with Crippen LogP contribution in [0.25, 0.3) is 0 Å². The molecule has 2 N–H and O–H groups in total. The SMILES string of the molecule is CCOc1ccc(C(=O)NCCc2ncc[nH]2)cc1. The Hall–Kier alpha value is -2.30. The second kappa shape index (κ2) is 6.58. The van der Waals surface area contributed by atoms with Crippen LogP contribution >= 0.6 is 0 Å². The Bertz CT molecular complexity index is 506. The monoisotopic (exact) mass is 259 g/mol. The topological polar surface area (TPSA) is 67.0 Å². The van der Waals surface area contributed by atoms with Crippen LogP contribution in [-0.4, -0.2) is 29.0 Å². The van der Waals surface area contributed by atoms with Gasteiger partial charge in [0.2, 0.25) is 0 Å². The molecule has 0 bridgehead atoms. The summed E-state index contributed by atoms with van der Waals surface area (Å²) in [5, 5.41) is 2.85. The molecule has 1 aromatic carbocycles. The average Bonchev–Trinajstić information content (AvgIpc) is 2.93. The number of aromatic amines is 1. The predicted molar refractivity (Wildman–Crippen MR) is 72.2 cm³/mol. The van der Waals surface area contributed by atoms with Crippen molar-refractivity contribution >= 4 is 5.91 Å². The quantitative estimate of drug-likeness (QED) is 0.831. The first-order valence-corrected chi connectivity index (χ1v) is 6.29. The van der Waals surface area contributed by atoms with Crippen molar-refractivity contribution in [3.8, 4) is 5.75 Å². The van der Waals surface area contributed by atoms with Crippen LogP contribution in [0.4, 0.5) is 0 Å². The minimum absolute atomic E-state index is 0.0883. The number of carbonyl (C=O) groups is 1. The van der Waals surface area contributed by atoms with Gasteiger partial charge in [0.05, 0.1) is 6.61 Å². The number of nitrogens with one attached hydrogen (secondary N) is 2. The number of imidazole rings is 1. The van der Waals surface area contributed by atoms with Crippen molar-refractivity contribution in [1.29, 1.82) is 0 Å². The largest absolute Gasteiger partial charge is 0.494 e. The van der Waals surface area contributed by atoms with Crippen LogP contribution in [0, 0.1) is 0 Å². The van der Waals surface area contributed by atoms with E-state index in [0.717, 1.165) is 11.6 Å². The molecule has 0 aliphatic rings. The van der Waals surface area contributed by atoms with E-state index in [1.165, 1.54) is 0 Å². The van der Waals surface area contributed by atoms with Gasteiger partial charge in [-0.05, 0) is 31.2 Å². The molecule has 0 aliphatic heterocycles. The van der Waals surface area contributed by atoms with Crippen LogP contribution in [0.1, 0.15) is 23.1 Å². The van der Waals surface area contributed by atoms with Gasteiger partial charge >= 0.3 is 0 Å². The van der Waals surface area contributed by atoms with Gasteiger partial charge in [0, 0.05) is 30.9 Å². The lowest BCUT2D eigenvalue weighted by atomic mass is 10.2. The van der Waals surface area contributed by atoms with Gasteiger partial charge < -0.3 is 15.0 Å². The van der Waals surface area contributed by atoms with Gasteiger partial charge in [-0.15, -0.1) is 0 Å². The molecule has 1 amide bonds. The van der Waals surface area contributed by atoms with E-state index in [-0.39, 0.29) is 5.91 Å². The van der Waals surface area contributed by atoms with Crippen LogP contribution in [0.5, 0.6) is 5.75 Å². The van der Waals surface area contributed by atoms with E-state index in [1.54, 1.807) is 36.7 Å². The highest BCUT2D eigenvalue weighted by Crippen LogP contribution is 2.11. The van der Waals surface area contributed by atoms with E-state index in [0.29, 0.717) is 25.1 Å². The molecule has 0 unspecified atom stereocenters. The Morgan fingerprint density at radius 3 is 2.79 bits per heavy atom. The van der Waals surface area contributed by atoms with Crippen molar-refractivity contribution in [3.05, 3.63) is 48.0 Å². The summed E-state index contributed by atoms with van der Waals surface area (Å²) in [5.41, 5.74) is 0.628. The number of benzene rings is 1. The van der Waals surface area contributed by atoms with Gasteiger partial charge in [0.15, 0.2) is 0 Å². The van der Waals surface area contributed by atoms with E-state index in [2.05, 4.69) is 15.3 Å². The molecule has 100 valence electrons. The second-order valence-electron chi connectivity index (χ2n) is 4.00. The Balaban J connectivity index is 1.82. The highest BCUT2D eigenvalue weighted by atomic mass is 16.5. The number of H-pyrrole nitrogens is 1. The van der Waals surface area contributed by atoms with Crippen LogP contribution in [-0.2, 0) is 6.42 Å². The van der Waals surface area contributed by atoms with E-state index in [1.807, 2.05) is 6.92 Å². The van der Waals surface area contributed by atoms with Crippen LogP contribution < -0.4 is 10.1 Å². The predicted octanol–water partition coefficient (Wildman–Crippen LogP) is 1.78. The third-order valence-electron chi connectivity index (χ3n) is 2.63. The molecule has 1 aromatic heterocycles. The summed E-state index contributed by atoms with van der Waals surface area (Å²) in [6.07, 6.45) is 4.16. The highest BCUT2D eigenvalue weighted by Gasteiger charge is 2.05. The fraction of sp³-hybridized carbons (Fsp3) is 0.286. The summed E-state index contributed by atoms with van der Waals surface area (Å²) in [6, 6.07) is 7.11. The average molecular weight is 259 g/mol. The first-order valence-electron chi connectivity index (χ1n) is 6.29. The maximum absolute atomic E-state index is 11.9. The molecule has 2 aromatic rings. The smallest absolute Gasteiger partial charge is 0.251 e. The minimum atomic E-state index is -0.0883. The van der Waals surface area contributed by atoms with Crippen molar-refractivity contribution < 1.29 is 9.53 Å². The first kappa shape index (κ1) is 13.1. The number of rotatable bonds is 6. The van der Waals surface area contributed by atoms with Crippen LogP contribution in [0.3, 0.4) is 0 Å². The zero-order valence-corrected chi connectivity index (χ0v) is 10.8. The molecule has 0 saturated carbocycles. The third kappa shape index (κ3) is 3.84. The van der Waals surface area contributed by atoms with E-state index in [9.17, 15) is 4.79 Å². The lowest BCUT2D eigenvalue weighted by Gasteiger charge is -2.06. The number of amides is 1. The summed E-state index contributed by atoms with van der Waals surface area (Å²) >= 11 is 0. The molecule has 5 heteroatoms. The second-order valence-corrected chi connectivity index (χ2v) is 4.00. The lowest BCUT2D eigenvalue weighted by Crippen LogP contribution is -2.25. The molecule has 0 saturated heterocycles. The van der Waals surface area contributed by atoms with Crippen molar-refractivity contribution in [2.75, 3.05) is 13.2 Å². The molecule has 1 heterocycles. The molecular weight excluding hydrogens is 242 g/mol. The number of ether oxygens (including phenoxy) is 1. The molecule has 19 heavy (non-hydrogen) atoms. The fourth-order valence-electron chi connectivity index (χ4n) is 1.70. The van der Waals surface area contributed by atoms with Crippen molar-refractivity contribution in [1.82, 2.24) is 15.3 Å². The van der Waals surface area contributed by atoms with E-state index in [4.69, 9.17) is 4.74 Å². The van der Waals surface area contributed by atoms with Gasteiger partial charge in [-0.25, -0.2) is 4.98 Å². The summed E-state index contributed by atoms with van der Waals surface area (Å²) in [6.45, 7) is 3.10. The van der Waals surface area contributed by atoms with Gasteiger partial charge in [0.1, 0.15) is 11.6 Å². The Morgan fingerprint density at radius 1 is 1.37 bits per heavy atom. The summed E-state index contributed by atoms with van der Waals surface area (Å²) in [5.74, 6) is 1.55. The molecule has 5 nitrogen and oxygen atoms in total. The van der Waals surface area contributed by atoms with Crippen LogP contribution in [0.2, 0.25) is 0 Å².